The number of hydrogen-bond acceptors (Lipinski definition) is 5. The van der Waals surface area contributed by atoms with Crippen molar-refractivity contribution in [2.45, 2.75) is 44.2 Å². The van der Waals surface area contributed by atoms with Crippen molar-refractivity contribution >= 4 is 28.7 Å². The predicted octanol–water partition coefficient (Wildman–Crippen LogP) is 3.91. The number of nitrogens with one attached hydrogen (secondary N) is 1. The number of carbonyl (C=O) groups excluding carboxylic acids is 1. The van der Waals surface area contributed by atoms with Crippen molar-refractivity contribution in [2.75, 3.05) is 11.9 Å². The Hall–Kier alpha value is -2.55. The SMILES string of the molecule is CN(c1cccc2nc(C(F)F)cn12)[C@H]1CC[C@@H](NC(=O)c2cncs2)CC1. The Balaban J connectivity index is 1.42. The van der Waals surface area contributed by atoms with E-state index in [2.05, 4.69) is 20.2 Å². The maximum atomic E-state index is 13.0. The highest BCUT2D eigenvalue weighted by molar-refractivity contribution is 7.11. The van der Waals surface area contributed by atoms with Crippen molar-refractivity contribution in [3.63, 3.8) is 0 Å². The van der Waals surface area contributed by atoms with Gasteiger partial charge < -0.3 is 10.2 Å². The van der Waals surface area contributed by atoms with Gasteiger partial charge in [-0.15, -0.1) is 11.3 Å². The molecule has 0 radical (unpaired) electrons. The summed E-state index contributed by atoms with van der Waals surface area (Å²) in [6, 6.07) is 5.91. The van der Waals surface area contributed by atoms with Crippen molar-refractivity contribution in [3.05, 3.63) is 46.7 Å². The first kappa shape index (κ1) is 18.8. The molecule has 0 bridgehead atoms. The molecular formula is C19H21F2N5OS. The zero-order chi connectivity index (χ0) is 19.7. The van der Waals surface area contributed by atoms with Crippen LogP contribution in [-0.4, -0.2) is 39.4 Å². The van der Waals surface area contributed by atoms with E-state index in [-0.39, 0.29) is 23.7 Å². The molecule has 3 aromatic rings. The quantitative estimate of drug-likeness (QED) is 0.699. The van der Waals surface area contributed by atoms with E-state index >= 15 is 0 Å². The lowest BCUT2D eigenvalue weighted by molar-refractivity contribution is 0.0929. The van der Waals surface area contributed by atoms with Gasteiger partial charge in [-0.2, -0.15) is 0 Å². The summed E-state index contributed by atoms with van der Waals surface area (Å²) in [7, 11) is 1.98. The lowest BCUT2D eigenvalue weighted by Gasteiger charge is -2.36. The molecule has 3 aromatic heterocycles. The van der Waals surface area contributed by atoms with Gasteiger partial charge in [0.25, 0.3) is 12.3 Å². The molecular weight excluding hydrogens is 384 g/mol. The molecule has 4 rings (SSSR count). The van der Waals surface area contributed by atoms with Crippen LogP contribution >= 0.6 is 11.3 Å². The summed E-state index contributed by atoms with van der Waals surface area (Å²) in [4.78, 5) is 22.9. The number of imidazole rings is 1. The van der Waals surface area contributed by atoms with Crippen LogP contribution in [0.15, 0.2) is 36.1 Å². The van der Waals surface area contributed by atoms with E-state index < -0.39 is 6.43 Å². The third kappa shape index (κ3) is 3.71. The Morgan fingerprint density at radius 1 is 1.32 bits per heavy atom. The highest BCUT2D eigenvalue weighted by Gasteiger charge is 2.27. The second-order valence-corrected chi connectivity index (χ2v) is 7.92. The summed E-state index contributed by atoms with van der Waals surface area (Å²) in [5, 5.41) is 3.08. The molecule has 1 amide bonds. The number of halogens is 2. The molecule has 0 aliphatic heterocycles. The van der Waals surface area contributed by atoms with Crippen LogP contribution in [0, 0.1) is 0 Å². The van der Waals surface area contributed by atoms with Crippen molar-refractivity contribution < 1.29 is 13.6 Å². The summed E-state index contributed by atoms with van der Waals surface area (Å²) in [6.45, 7) is 0. The second kappa shape index (κ2) is 7.83. The number of hydrogen-bond donors (Lipinski definition) is 1. The summed E-state index contributed by atoms with van der Waals surface area (Å²) < 4.78 is 27.8. The van der Waals surface area contributed by atoms with E-state index in [1.165, 1.54) is 17.5 Å². The third-order valence-electron chi connectivity index (χ3n) is 5.31. The second-order valence-electron chi connectivity index (χ2n) is 7.03. The van der Waals surface area contributed by atoms with Gasteiger partial charge in [-0.05, 0) is 37.8 Å². The molecule has 3 heterocycles. The molecule has 0 unspecified atom stereocenters. The van der Waals surface area contributed by atoms with Crippen molar-refractivity contribution in [3.8, 4) is 0 Å². The van der Waals surface area contributed by atoms with Crippen molar-refractivity contribution in [1.29, 1.82) is 0 Å². The molecule has 1 saturated carbocycles. The maximum absolute atomic E-state index is 13.0. The lowest BCUT2D eigenvalue weighted by atomic mass is 9.90. The van der Waals surface area contributed by atoms with Gasteiger partial charge in [0.2, 0.25) is 0 Å². The lowest BCUT2D eigenvalue weighted by Crippen LogP contribution is -2.43. The first-order valence-electron chi connectivity index (χ1n) is 9.21. The van der Waals surface area contributed by atoms with Gasteiger partial charge in [0.1, 0.15) is 22.0 Å². The van der Waals surface area contributed by atoms with Gasteiger partial charge in [-0.25, -0.2) is 13.8 Å². The van der Waals surface area contributed by atoms with Gasteiger partial charge in [0.05, 0.1) is 11.7 Å². The third-order valence-corrected chi connectivity index (χ3v) is 6.08. The zero-order valence-corrected chi connectivity index (χ0v) is 16.2. The highest BCUT2D eigenvalue weighted by Crippen LogP contribution is 2.28. The standard InChI is InChI=1S/C19H21F2N5OS/c1-25(17-4-2-3-16-24-14(18(20)21)10-26(16)17)13-7-5-12(6-8-13)23-19(27)15-9-22-11-28-15/h2-4,9-13,18H,5-8H2,1H3,(H,23,27)/t12-,13+. The van der Waals surface area contributed by atoms with Gasteiger partial charge in [-0.3, -0.25) is 14.2 Å². The fourth-order valence-electron chi connectivity index (χ4n) is 3.79. The van der Waals surface area contributed by atoms with E-state index in [0.29, 0.717) is 10.5 Å². The molecule has 0 saturated heterocycles. The summed E-state index contributed by atoms with van der Waals surface area (Å²) in [5.41, 5.74) is 1.96. The largest absolute Gasteiger partial charge is 0.358 e. The highest BCUT2D eigenvalue weighted by atomic mass is 32.1. The van der Waals surface area contributed by atoms with Crippen LogP contribution in [0.4, 0.5) is 14.6 Å². The minimum Gasteiger partial charge on any atom is -0.358 e. The van der Waals surface area contributed by atoms with Gasteiger partial charge in [-0.1, -0.05) is 6.07 Å². The number of thiazole rings is 1. The van der Waals surface area contributed by atoms with E-state index in [1.807, 2.05) is 19.2 Å². The Labute approximate surface area is 165 Å². The summed E-state index contributed by atoms with van der Waals surface area (Å²) >= 11 is 1.33. The van der Waals surface area contributed by atoms with Crippen LogP contribution in [0.1, 0.15) is 47.5 Å². The fourth-order valence-corrected chi connectivity index (χ4v) is 4.31. The van der Waals surface area contributed by atoms with E-state index in [9.17, 15) is 13.6 Å². The normalized spacial score (nSPS) is 19.9. The Morgan fingerprint density at radius 2 is 2.11 bits per heavy atom. The van der Waals surface area contributed by atoms with E-state index in [1.54, 1.807) is 22.2 Å². The molecule has 1 aliphatic carbocycles. The van der Waals surface area contributed by atoms with Crippen molar-refractivity contribution in [1.82, 2.24) is 19.7 Å². The van der Waals surface area contributed by atoms with Crippen molar-refractivity contribution in [2.24, 2.45) is 0 Å². The molecule has 0 spiro atoms. The number of alkyl halides is 2. The number of fused-ring (bicyclic) bond motifs is 1. The van der Waals surface area contributed by atoms with Crippen LogP contribution in [0.2, 0.25) is 0 Å². The minimum atomic E-state index is -2.59. The van der Waals surface area contributed by atoms with Crippen LogP contribution in [0.5, 0.6) is 0 Å². The molecule has 0 atom stereocenters. The number of rotatable bonds is 5. The van der Waals surface area contributed by atoms with Crippen LogP contribution < -0.4 is 10.2 Å². The Bertz CT molecular complexity index is 951. The number of anilines is 1. The predicted molar refractivity (Wildman–Crippen MR) is 104 cm³/mol. The molecule has 28 heavy (non-hydrogen) atoms. The number of carbonyl (C=O) groups is 1. The molecule has 9 heteroatoms. The van der Waals surface area contributed by atoms with Crippen LogP contribution in [0.25, 0.3) is 5.65 Å². The topological polar surface area (TPSA) is 62.5 Å². The van der Waals surface area contributed by atoms with E-state index in [0.717, 1.165) is 31.5 Å². The molecule has 0 aromatic carbocycles. The minimum absolute atomic E-state index is 0.0676. The summed E-state index contributed by atoms with van der Waals surface area (Å²) in [5.74, 6) is 0.774. The monoisotopic (exact) mass is 405 g/mol. The smallest absolute Gasteiger partial charge is 0.281 e. The summed E-state index contributed by atoms with van der Waals surface area (Å²) in [6.07, 6.45) is 3.98. The van der Waals surface area contributed by atoms with E-state index in [4.69, 9.17) is 0 Å². The molecule has 6 nitrogen and oxygen atoms in total. The van der Waals surface area contributed by atoms with Gasteiger partial charge in [0, 0.05) is 25.3 Å². The molecule has 1 N–H and O–H groups in total. The number of amides is 1. The van der Waals surface area contributed by atoms with Crippen LogP contribution in [0.3, 0.4) is 0 Å². The fraction of sp³-hybridized carbons (Fsp3) is 0.421. The molecule has 1 fully saturated rings. The van der Waals surface area contributed by atoms with Crippen LogP contribution in [-0.2, 0) is 0 Å². The number of nitrogens with zero attached hydrogens (tertiary/aromatic N) is 4. The first-order valence-corrected chi connectivity index (χ1v) is 10.1. The Morgan fingerprint density at radius 3 is 2.79 bits per heavy atom. The zero-order valence-electron chi connectivity index (χ0n) is 15.4. The van der Waals surface area contributed by atoms with Gasteiger partial charge in [0.15, 0.2) is 0 Å². The molecule has 148 valence electrons. The maximum Gasteiger partial charge on any atom is 0.281 e. The average molecular weight is 405 g/mol. The number of pyridine rings is 1. The average Bonchev–Trinajstić information content (AvgIpc) is 3.37. The van der Waals surface area contributed by atoms with Gasteiger partial charge >= 0.3 is 0 Å². The Kier molecular flexibility index (Phi) is 5.25. The number of aromatic nitrogens is 3. The first-order chi connectivity index (χ1) is 13.5. The molecule has 1 aliphatic rings.